The van der Waals surface area contributed by atoms with Crippen molar-refractivity contribution in [2.75, 3.05) is 47.9 Å². The molecule has 2 aromatic rings. The zero-order valence-electron chi connectivity index (χ0n) is 17.9. The van der Waals surface area contributed by atoms with E-state index in [0.29, 0.717) is 24.4 Å². The van der Waals surface area contributed by atoms with Gasteiger partial charge < -0.3 is 19.9 Å². The van der Waals surface area contributed by atoms with E-state index in [-0.39, 0.29) is 11.9 Å². The molecule has 30 heavy (non-hydrogen) atoms. The van der Waals surface area contributed by atoms with Crippen molar-refractivity contribution in [2.24, 2.45) is 0 Å². The third-order valence-corrected chi connectivity index (χ3v) is 5.91. The molecule has 0 radical (unpaired) electrons. The fourth-order valence-electron chi connectivity index (χ4n) is 4.35. The van der Waals surface area contributed by atoms with E-state index in [2.05, 4.69) is 10.2 Å². The van der Waals surface area contributed by atoms with Crippen LogP contribution in [-0.2, 0) is 4.79 Å². The molecule has 0 unspecified atom stereocenters. The third-order valence-electron chi connectivity index (χ3n) is 5.91. The number of hydrogen-bond donors (Lipinski definition) is 1. The first-order valence-corrected chi connectivity index (χ1v) is 10.2. The molecular formula is C23H28N4O3. The summed E-state index contributed by atoms with van der Waals surface area (Å²) in [5.41, 5.74) is 2.23. The average molecular weight is 409 g/mol. The standard InChI is InChI=1S/C23H28N4O3/c1-25(2)12-7-13-27-14-17-20(22(27)28)21(24-23(29)26(17)3)19-16-9-6-5-8-15(16)10-11-18(19)30-4/h5-6,8-11,21H,7,12-14H2,1-4H3,(H,24,29)/t21-/m1/s1. The molecule has 0 aromatic heterocycles. The molecule has 3 amide bonds. The van der Waals surface area contributed by atoms with Crippen LogP contribution in [0.2, 0.25) is 0 Å². The van der Waals surface area contributed by atoms with Crippen LogP contribution in [0.15, 0.2) is 47.7 Å². The van der Waals surface area contributed by atoms with Crippen LogP contribution in [0.5, 0.6) is 5.75 Å². The van der Waals surface area contributed by atoms with E-state index >= 15 is 0 Å². The van der Waals surface area contributed by atoms with Crippen LogP contribution in [0.3, 0.4) is 0 Å². The van der Waals surface area contributed by atoms with Crippen molar-refractivity contribution in [3.63, 3.8) is 0 Å². The van der Waals surface area contributed by atoms with Gasteiger partial charge >= 0.3 is 6.03 Å². The number of amides is 3. The summed E-state index contributed by atoms with van der Waals surface area (Å²) in [6.07, 6.45) is 0.882. The summed E-state index contributed by atoms with van der Waals surface area (Å²) < 4.78 is 5.65. The van der Waals surface area contributed by atoms with Gasteiger partial charge in [-0.15, -0.1) is 0 Å². The largest absolute Gasteiger partial charge is 0.496 e. The topological polar surface area (TPSA) is 65.1 Å². The molecule has 0 saturated carbocycles. The van der Waals surface area contributed by atoms with Crippen molar-refractivity contribution in [1.29, 1.82) is 0 Å². The monoisotopic (exact) mass is 408 g/mol. The van der Waals surface area contributed by atoms with Gasteiger partial charge in [-0.05, 0) is 43.9 Å². The Morgan fingerprint density at radius 3 is 2.67 bits per heavy atom. The Bertz CT molecular complexity index is 1030. The van der Waals surface area contributed by atoms with Crippen LogP contribution in [-0.4, -0.2) is 74.5 Å². The second-order valence-corrected chi connectivity index (χ2v) is 8.09. The SMILES string of the molecule is COc1ccc2ccccc2c1[C@H]1NC(=O)N(C)C2=C1C(=O)N(CCCN(C)C)C2. The van der Waals surface area contributed by atoms with E-state index in [1.807, 2.05) is 55.4 Å². The predicted molar refractivity (Wildman–Crippen MR) is 116 cm³/mol. The molecule has 7 heteroatoms. The molecule has 0 aliphatic carbocycles. The third kappa shape index (κ3) is 3.39. The van der Waals surface area contributed by atoms with Crippen LogP contribution >= 0.6 is 0 Å². The average Bonchev–Trinajstić information content (AvgIpc) is 3.06. The Kier molecular flexibility index (Phi) is 5.39. The minimum absolute atomic E-state index is 0.0180. The highest BCUT2D eigenvalue weighted by Crippen LogP contribution is 2.42. The maximum Gasteiger partial charge on any atom is 0.322 e. The summed E-state index contributed by atoms with van der Waals surface area (Å²) in [6.45, 7) is 2.02. The van der Waals surface area contributed by atoms with Crippen molar-refractivity contribution in [2.45, 2.75) is 12.5 Å². The van der Waals surface area contributed by atoms with Crippen molar-refractivity contribution in [1.82, 2.24) is 20.0 Å². The number of hydrogen-bond acceptors (Lipinski definition) is 4. The van der Waals surface area contributed by atoms with Gasteiger partial charge in [0.1, 0.15) is 5.75 Å². The van der Waals surface area contributed by atoms with Gasteiger partial charge in [0.15, 0.2) is 0 Å². The van der Waals surface area contributed by atoms with Gasteiger partial charge in [0.2, 0.25) is 0 Å². The maximum atomic E-state index is 13.4. The molecule has 7 nitrogen and oxygen atoms in total. The second kappa shape index (κ2) is 7.99. The van der Waals surface area contributed by atoms with E-state index in [0.717, 1.165) is 35.0 Å². The van der Waals surface area contributed by atoms with Crippen LogP contribution in [0.25, 0.3) is 10.8 Å². The van der Waals surface area contributed by atoms with E-state index in [1.165, 1.54) is 0 Å². The lowest BCUT2D eigenvalue weighted by molar-refractivity contribution is -0.125. The number of ether oxygens (including phenoxy) is 1. The maximum absolute atomic E-state index is 13.4. The lowest BCUT2D eigenvalue weighted by Gasteiger charge is -2.32. The molecule has 2 heterocycles. The number of urea groups is 1. The molecule has 4 rings (SSSR count). The van der Waals surface area contributed by atoms with E-state index < -0.39 is 6.04 Å². The molecule has 2 aromatic carbocycles. The number of rotatable bonds is 6. The smallest absolute Gasteiger partial charge is 0.322 e. The molecule has 2 aliphatic rings. The van der Waals surface area contributed by atoms with E-state index in [9.17, 15) is 9.59 Å². The van der Waals surface area contributed by atoms with Gasteiger partial charge in [-0.2, -0.15) is 0 Å². The van der Waals surface area contributed by atoms with Crippen LogP contribution in [0.4, 0.5) is 4.79 Å². The number of methoxy groups -OCH3 is 1. The summed E-state index contributed by atoms with van der Waals surface area (Å²) >= 11 is 0. The number of likely N-dealkylation sites (N-methyl/N-ethyl adjacent to an activating group) is 1. The molecule has 1 N–H and O–H groups in total. The number of nitrogens with one attached hydrogen (secondary N) is 1. The molecule has 0 fully saturated rings. The fourth-order valence-corrected chi connectivity index (χ4v) is 4.35. The number of benzene rings is 2. The van der Waals surface area contributed by atoms with Crippen molar-refractivity contribution >= 4 is 22.7 Å². The molecule has 2 aliphatic heterocycles. The highest BCUT2D eigenvalue weighted by Gasteiger charge is 2.43. The lowest BCUT2D eigenvalue weighted by atomic mass is 9.90. The zero-order chi connectivity index (χ0) is 21.4. The van der Waals surface area contributed by atoms with Crippen LogP contribution < -0.4 is 10.1 Å². The minimum Gasteiger partial charge on any atom is -0.496 e. The molecule has 0 spiro atoms. The Labute approximate surface area is 176 Å². The normalized spacial score (nSPS) is 19.0. The van der Waals surface area contributed by atoms with Gasteiger partial charge in [0, 0.05) is 19.2 Å². The Morgan fingerprint density at radius 2 is 1.93 bits per heavy atom. The summed E-state index contributed by atoms with van der Waals surface area (Å²) in [6, 6.07) is 11.1. The number of carbonyl (C=O) groups excluding carboxylic acids is 2. The quantitative estimate of drug-likeness (QED) is 0.798. The van der Waals surface area contributed by atoms with Crippen molar-refractivity contribution < 1.29 is 14.3 Å². The number of carbonyl (C=O) groups is 2. The zero-order valence-corrected chi connectivity index (χ0v) is 17.9. The van der Waals surface area contributed by atoms with Gasteiger partial charge in [-0.1, -0.05) is 30.3 Å². The van der Waals surface area contributed by atoms with Crippen LogP contribution in [0.1, 0.15) is 18.0 Å². The number of fused-ring (bicyclic) bond motifs is 1. The predicted octanol–water partition coefficient (Wildman–Crippen LogP) is 2.59. The Balaban J connectivity index is 1.77. The molecule has 0 saturated heterocycles. The summed E-state index contributed by atoms with van der Waals surface area (Å²) in [5.74, 6) is 0.643. The van der Waals surface area contributed by atoms with Gasteiger partial charge in [0.05, 0.1) is 31.0 Å². The molecule has 158 valence electrons. The molecule has 1 atom stereocenters. The first-order valence-electron chi connectivity index (χ1n) is 10.2. The van der Waals surface area contributed by atoms with E-state index in [1.54, 1.807) is 19.1 Å². The highest BCUT2D eigenvalue weighted by molar-refractivity contribution is 6.03. The highest BCUT2D eigenvalue weighted by atomic mass is 16.5. The summed E-state index contributed by atoms with van der Waals surface area (Å²) in [7, 11) is 7.38. The van der Waals surface area contributed by atoms with E-state index in [4.69, 9.17) is 4.74 Å². The van der Waals surface area contributed by atoms with Crippen molar-refractivity contribution in [3.05, 3.63) is 53.2 Å². The van der Waals surface area contributed by atoms with Gasteiger partial charge in [-0.3, -0.25) is 9.69 Å². The van der Waals surface area contributed by atoms with Crippen molar-refractivity contribution in [3.8, 4) is 5.75 Å². The Hall–Kier alpha value is -3.06. The van der Waals surface area contributed by atoms with Gasteiger partial charge in [0.25, 0.3) is 5.91 Å². The first kappa shape index (κ1) is 20.2. The second-order valence-electron chi connectivity index (χ2n) is 8.09. The fraction of sp³-hybridized carbons (Fsp3) is 0.391. The summed E-state index contributed by atoms with van der Waals surface area (Å²) in [5, 5.41) is 5.05. The lowest BCUT2D eigenvalue weighted by Crippen LogP contribution is -2.45. The molecule has 0 bridgehead atoms. The Morgan fingerprint density at radius 1 is 1.17 bits per heavy atom. The van der Waals surface area contributed by atoms with Gasteiger partial charge in [-0.25, -0.2) is 4.79 Å². The molecular weight excluding hydrogens is 380 g/mol. The summed E-state index contributed by atoms with van der Waals surface area (Å²) in [4.78, 5) is 31.7. The first-order chi connectivity index (χ1) is 14.4. The number of nitrogens with zero attached hydrogens (tertiary/aromatic N) is 3. The van der Waals surface area contributed by atoms with Crippen LogP contribution in [0, 0.1) is 0 Å². The minimum atomic E-state index is -0.545.